The fourth-order valence-electron chi connectivity index (χ4n) is 2.55. The van der Waals surface area contributed by atoms with Crippen LogP contribution in [0.15, 0.2) is 18.5 Å². The highest BCUT2D eigenvalue weighted by molar-refractivity contribution is 6.34. The number of aromatic nitrogens is 2. The van der Waals surface area contributed by atoms with Crippen LogP contribution in [0, 0.1) is 0 Å². The third-order valence-corrected chi connectivity index (χ3v) is 3.80. The Morgan fingerprint density at radius 2 is 2.00 bits per heavy atom. The molecule has 1 aromatic carbocycles. The largest absolute Gasteiger partial charge is 0.486 e. The van der Waals surface area contributed by atoms with E-state index >= 15 is 0 Å². The van der Waals surface area contributed by atoms with Crippen LogP contribution >= 0.6 is 11.6 Å². The zero-order chi connectivity index (χ0) is 14.8. The molecule has 21 heavy (non-hydrogen) atoms. The van der Waals surface area contributed by atoms with E-state index in [9.17, 15) is 4.79 Å². The first kappa shape index (κ1) is 14.1. The Hall–Kier alpha value is -1.88. The smallest absolute Gasteiger partial charge is 0.308 e. The molecule has 1 aliphatic carbocycles. The number of halogens is 1. The minimum Gasteiger partial charge on any atom is -0.486 e. The van der Waals surface area contributed by atoms with Gasteiger partial charge in [0, 0.05) is 18.4 Å². The van der Waals surface area contributed by atoms with Crippen LogP contribution in [0.5, 0.6) is 11.5 Å². The summed E-state index contributed by atoms with van der Waals surface area (Å²) in [5.41, 5.74) is 0.616. The summed E-state index contributed by atoms with van der Waals surface area (Å²) in [7, 11) is 0. The standard InChI is InChI=1S/C15H15ClN2O3/c1-9(19)20-14-7-12-11(15(16)18-8-17-12)6-13(14)21-10-4-2-3-5-10/h6-8,10H,2-5H2,1H3. The van der Waals surface area contributed by atoms with E-state index in [-0.39, 0.29) is 6.10 Å². The monoisotopic (exact) mass is 306 g/mol. The molecule has 0 N–H and O–H groups in total. The van der Waals surface area contributed by atoms with Gasteiger partial charge in [-0.3, -0.25) is 4.79 Å². The van der Waals surface area contributed by atoms with Gasteiger partial charge in [0.1, 0.15) is 11.5 Å². The second-order valence-electron chi connectivity index (χ2n) is 5.10. The highest BCUT2D eigenvalue weighted by atomic mass is 35.5. The first-order valence-corrected chi connectivity index (χ1v) is 7.30. The molecule has 1 heterocycles. The number of ether oxygens (including phenoxy) is 2. The molecule has 5 nitrogen and oxygen atoms in total. The van der Waals surface area contributed by atoms with E-state index in [4.69, 9.17) is 21.1 Å². The molecule has 0 saturated heterocycles. The number of carbonyl (C=O) groups excluding carboxylic acids is 1. The molecule has 0 aliphatic heterocycles. The van der Waals surface area contributed by atoms with E-state index in [1.165, 1.54) is 13.3 Å². The molecule has 0 spiro atoms. The predicted octanol–water partition coefficient (Wildman–Crippen LogP) is 3.53. The highest BCUT2D eigenvalue weighted by Gasteiger charge is 2.20. The molecule has 1 aliphatic rings. The van der Waals surface area contributed by atoms with Gasteiger partial charge in [0.25, 0.3) is 0 Å². The SMILES string of the molecule is CC(=O)Oc1cc2ncnc(Cl)c2cc1OC1CCCC1. The van der Waals surface area contributed by atoms with Crippen molar-refractivity contribution < 1.29 is 14.3 Å². The van der Waals surface area contributed by atoms with Crippen LogP contribution in [0.3, 0.4) is 0 Å². The summed E-state index contributed by atoms with van der Waals surface area (Å²) in [6, 6.07) is 3.41. The quantitative estimate of drug-likeness (QED) is 0.493. The van der Waals surface area contributed by atoms with Gasteiger partial charge in [0.05, 0.1) is 11.6 Å². The number of fused-ring (bicyclic) bond motifs is 1. The maximum absolute atomic E-state index is 11.3. The Morgan fingerprint density at radius 3 is 2.71 bits per heavy atom. The zero-order valence-corrected chi connectivity index (χ0v) is 12.4. The van der Waals surface area contributed by atoms with Crippen LogP contribution in [-0.2, 0) is 4.79 Å². The van der Waals surface area contributed by atoms with Crippen molar-refractivity contribution in [3.05, 3.63) is 23.6 Å². The molecular weight excluding hydrogens is 292 g/mol. The first-order valence-electron chi connectivity index (χ1n) is 6.93. The van der Waals surface area contributed by atoms with Crippen molar-refractivity contribution in [2.75, 3.05) is 0 Å². The van der Waals surface area contributed by atoms with Gasteiger partial charge < -0.3 is 9.47 Å². The van der Waals surface area contributed by atoms with Crippen molar-refractivity contribution >= 4 is 28.5 Å². The molecule has 1 aromatic heterocycles. The summed E-state index contributed by atoms with van der Waals surface area (Å²) < 4.78 is 11.2. The number of esters is 1. The molecule has 110 valence electrons. The number of hydrogen-bond donors (Lipinski definition) is 0. The lowest BCUT2D eigenvalue weighted by atomic mass is 10.2. The Kier molecular flexibility index (Phi) is 3.92. The van der Waals surface area contributed by atoms with Crippen molar-refractivity contribution in [2.45, 2.75) is 38.7 Å². The molecule has 3 rings (SSSR count). The number of nitrogens with zero attached hydrogens (tertiary/aromatic N) is 2. The van der Waals surface area contributed by atoms with Crippen LogP contribution < -0.4 is 9.47 Å². The van der Waals surface area contributed by atoms with Gasteiger partial charge in [-0.15, -0.1) is 0 Å². The Bertz CT molecular complexity index is 684. The molecular formula is C15H15ClN2O3. The second kappa shape index (κ2) is 5.85. The van der Waals surface area contributed by atoms with Crippen molar-refractivity contribution in [3.63, 3.8) is 0 Å². The fourth-order valence-corrected chi connectivity index (χ4v) is 2.74. The van der Waals surface area contributed by atoms with Crippen LogP contribution in [0.25, 0.3) is 10.9 Å². The maximum atomic E-state index is 11.3. The zero-order valence-electron chi connectivity index (χ0n) is 11.6. The highest BCUT2D eigenvalue weighted by Crippen LogP contribution is 2.36. The minimum atomic E-state index is -0.397. The van der Waals surface area contributed by atoms with Gasteiger partial charge in [-0.25, -0.2) is 9.97 Å². The summed E-state index contributed by atoms with van der Waals surface area (Å²) in [6.07, 6.45) is 5.86. The normalized spacial score (nSPS) is 15.3. The molecule has 0 radical (unpaired) electrons. The van der Waals surface area contributed by atoms with Gasteiger partial charge in [-0.05, 0) is 31.7 Å². The van der Waals surface area contributed by atoms with E-state index in [1.54, 1.807) is 12.1 Å². The number of carbonyl (C=O) groups is 1. The van der Waals surface area contributed by atoms with Crippen LogP contribution in [0.4, 0.5) is 0 Å². The lowest BCUT2D eigenvalue weighted by molar-refractivity contribution is -0.132. The van der Waals surface area contributed by atoms with Gasteiger partial charge in [-0.1, -0.05) is 11.6 Å². The molecule has 6 heteroatoms. The fraction of sp³-hybridized carbons (Fsp3) is 0.400. The van der Waals surface area contributed by atoms with Crippen molar-refractivity contribution in [1.29, 1.82) is 0 Å². The Morgan fingerprint density at radius 1 is 1.24 bits per heavy atom. The molecule has 0 amide bonds. The van der Waals surface area contributed by atoms with Crippen LogP contribution in [0.2, 0.25) is 5.15 Å². The lowest BCUT2D eigenvalue weighted by Crippen LogP contribution is -2.13. The molecule has 1 fully saturated rings. The third-order valence-electron chi connectivity index (χ3n) is 3.50. The summed E-state index contributed by atoms with van der Waals surface area (Å²) >= 11 is 6.09. The first-order chi connectivity index (χ1) is 10.1. The van der Waals surface area contributed by atoms with Crippen molar-refractivity contribution in [2.24, 2.45) is 0 Å². The minimum absolute atomic E-state index is 0.153. The van der Waals surface area contributed by atoms with Gasteiger partial charge in [-0.2, -0.15) is 0 Å². The lowest BCUT2D eigenvalue weighted by Gasteiger charge is -2.16. The average Bonchev–Trinajstić information content (AvgIpc) is 2.93. The van der Waals surface area contributed by atoms with E-state index in [2.05, 4.69) is 9.97 Å². The number of benzene rings is 1. The molecule has 2 aromatic rings. The van der Waals surface area contributed by atoms with Gasteiger partial charge in [0.2, 0.25) is 0 Å². The summed E-state index contributed by atoms with van der Waals surface area (Å²) in [5, 5.41) is 1.04. The van der Waals surface area contributed by atoms with Gasteiger partial charge in [0.15, 0.2) is 11.5 Å². The summed E-state index contributed by atoms with van der Waals surface area (Å²) in [6.45, 7) is 1.36. The van der Waals surface area contributed by atoms with Crippen molar-refractivity contribution in [3.8, 4) is 11.5 Å². The maximum Gasteiger partial charge on any atom is 0.308 e. The van der Waals surface area contributed by atoms with E-state index in [0.717, 1.165) is 25.7 Å². The molecule has 0 bridgehead atoms. The second-order valence-corrected chi connectivity index (χ2v) is 5.46. The summed E-state index contributed by atoms with van der Waals surface area (Å²) in [4.78, 5) is 19.4. The Balaban J connectivity index is 2.04. The number of hydrogen-bond acceptors (Lipinski definition) is 5. The van der Waals surface area contributed by atoms with E-state index in [1.807, 2.05) is 0 Å². The summed E-state index contributed by atoms with van der Waals surface area (Å²) in [5.74, 6) is 0.490. The van der Waals surface area contributed by atoms with E-state index in [0.29, 0.717) is 27.6 Å². The number of rotatable bonds is 3. The average molecular weight is 307 g/mol. The van der Waals surface area contributed by atoms with Crippen molar-refractivity contribution in [1.82, 2.24) is 9.97 Å². The Labute approximate surface area is 127 Å². The van der Waals surface area contributed by atoms with Crippen LogP contribution in [0.1, 0.15) is 32.6 Å². The van der Waals surface area contributed by atoms with E-state index < -0.39 is 5.97 Å². The molecule has 0 unspecified atom stereocenters. The molecule has 0 atom stereocenters. The van der Waals surface area contributed by atoms with Crippen LogP contribution in [-0.4, -0.2) is 22.0 Å². The topological polar surface area (TPSA) is 61.3 Å². The third kappa shape index (κ3) is 3.08. The van der Waals surface area contributed by atoms with Gasteiger partial charge >= 0.3 is 5.97 Å². The molecule has 1 saturated carbocycles. The predicted molar refractivity (Wildman–Crippen MR) is 78.7 cm³/mol.